The maximum atomic E-state index is 13.9. The van der Waals surface area contributed by atoms with Crippen LogP contribution in [0, 0.1) is 18.3 Å². The Balaban J connectivity index is 1.52. The van der Waals surface area contributed by atoms with Gasteiger partial charge in [0.15, 0.2) is 5.78 Å². The summed E-state index contributed by atoms with van der Waals surface area (Å²) >= 11 is 0. The van der Waals surface area contributed by atoms with Crippen molar-refractivity contribution < 1.29 is 14.4 Å². The van der Waals surface area contributed by atoms with Crippen LogP contribution in [0.15, 0.2) is 54.6 Å². The molecule has 5 nitrogen and oxygen atoms in total. The van der Waals surface area contributed by atoms with Crippen LogP contribution in [0.5, 0.6) is 0 Å². The van der Waals surface area contributed by atoms with E-state index in [9.17, 15) is 14.4 Å². The van der Waals surface area contributed by atoms with Gasteiger partial charge >= 0.3 is 0 Å². The van der Waals surface area contributed by atoms with Crippen LogP contribution in [-0.4, -0.2) is 41.6 Å². The monoisotopic (exact) mass is 500 g/mol. The number of para-hydroxylation sites is 1. The third kappa shape index (κ3) is 6.03. The number of amides is 2. The van der Waals surface area contributed by atoms with Gasteiger partial charge in [0.25, 0.3) is 0 Å². The third-order valence-corrected chi connectivity index (χ3v) is 7.83. The van der Waals surface area contributed by atoms with Gasteiger partial charge < -0.3 is 9.80 Å². The van der Waals surface area contributed by atoms with Crippen LogP contribution in [0.1, 0.15) is 70.1 Å². The number of rotatable bonds is 6. The smallest absolute Gasteiger partial charge is 0.249 e. The summed E-state index contributed by atoms with van der Waals surface area (Å²) in [4.78, 5) is 44.5. The van der Waals surface area contributed by atoms with Crippen molar-refractivity contribution in [2.45, 2.75) is 72.8 Å². The van der Waals surface area contributed by atoms with Crippen LogP contribution in [-0.2, 0) is 20.8 Å². The number of allylic oxidation sites excluding steroid dienone is 2. The molecule has 0 spiro atoms. The maximum Gasteiger partial charge on any atom is 0.249 e. The van der Waals surface area contributed by atoms with Crippen LogP contribution in [0.4, 0.5) is 5.69 Å². The minimum Gasteiger partial charge on any atom is -0.330 e. The molecule has 0 N–H and O–H groups in total. The van der Waals surface area contributed by atoms with E-state index in [0.717, 1.165) is 36.1 Å². The average Bonchev–Trinajstić information content (AvgIpc) is 3.36. The highest BCUT2D eigenvalue weighted by Gasteiger charge is 2.43. The van der Waals surface area contributed by atoms with Crippen molar-refractivity contribution in [2.75, 3.05) is 18.0 Å². The molecule has 2 aliphatic heterocycles. The SMILES string of the molecule is C/C(=C\C(=O)C[C@H](C(=O)N1CCC[C@H]1C(=O)N1CCCc2ccccc21)C(C)(C)C)c1ccc(C)cc1. The number of aryl methyl sites for hydroxylation is 2. The minimum atomic E-state index is -0.496. The standard InChI is InChI=1S/C32H40N2O3/c1-22-14-16-24(17-15-22)23(2)20-26(35)21-27(32(3,4)5)30(36)34-19-9-13-29(34)31(37)33-18-8-11-25-10-6-7-12-28(25)33/h6-7,10,12,14-17,20,27,29H,8-9,11,13,18-19,21H2,1-5H3/b23-20+/t27-,29+/m1/s1. The molecular weight excluding hydrogens is 460 g/mol. The first-order valence-electron chi connectivity index (χ1n) is 13.5. The number of carbonyl (C=O) groups is 3. The molecule has 2 aromatic rings. The van der Waals surface area contributed by atoms with Crippen molar-refractivity contribution in [1.29, 1.82) is 0 Å². The van der Waals surface area contributed by atoms with Crippen LogP contribution in [0.25, 0.3) is 5.57 Å². The maximum absolute atomic E-state index is 13.9. The Bertz CT molecular complexity index is 1190. The molecule has 1 fully saturated rings. The lowest BCUT2D eigenvalue weighted by Crippen LogP contribution is -2.52. The molecule has 2 atom stereocenters. The first-order chi connectivity index (χ1) is 17.6. The molecule has 37 heavy (non-hydrogen) atoms. The molecule has 1 saturated heterocycles. The van der Waals surface area contributed by atoms with Gasteiger partial charge in [-0.15, -0.1) is 0 Å². The summed E-state index contributed by atoms with van der Waals surface area (Å²) in [5, 5.41) is 0. The summed E-state index contributed by atoms with van der Waals surface area (Å²) in [6.45, 7) is 11.2. The second-order valence-electron chi connectivity index (χ2n) is 11.7. The lowest BCUT2D eigenvalue weighted by atomic mass is 9.76. The van der Waals surface area contributed by atoms with E-state index < -0.39 is 17.4 Å². The summed E-state index contributed by atoms with van der Waals surface area (Å²) in [5.41, 5.74) is 4.81. The van der Waals surface area contributed by atoms with E-state index in [1.807, 2.05) is 82.0 Å². The zero-order valence-electron chi connectivity index (χ0n) is 22.9. The van der Waals surface area contributed by atoms with E-state index >= 15 is 0 Å². The molecule has 196 valence electrons. The highest BCUT2D eigenvalue weighted by molar-refractivity contribution is 6.02. The van der Waals surface area contributed by atoms with Gasteiger partial charge in [-0.05, 0) is 73.8 Å². The molecule has 0 saturated carbocycles. The fraction of sp³-hybridized carbons (Fsp3) is 0.469. The van der Waals surface area contributed by atoms with Gasteiger partial charge in [-0.1, -0.05) is 68.8 Å². The van der Waals surface area contributed by atoms with E-state index in [-0.39, 0.29) is 24.0 Å². The highest BCUT2D eigenvalue weighted by atomic mass is 16.2. The van der Waals surface area contributed by atoms with Gasteiger partial charge in [0, 0.05) is 25.2 Å². The highest BCUT2D eigenvalue weighted by Crippen LogP contribution is 2.35. The number of likely N-dealkylation sites (tertiary alicyclic amines) is 1. The molecule has 4 rings (SSSR count). The van der Waals surface area contributed by atoms with Gasteiger partial charge in [-0.3, -0.25) is 14.4 Å². The van der Waals surface area contributed by atoms with Crippen molar-refractivity contribution in [3.8, 4) is 0 Å². The summed E-state index contributed by atoms with van der Waals surface area (Å²) in [6, 6.07) is 15.7. The fourth-order valence-electron chi connectivity index (χ4n) is 5.60. The molecule has 0 aromatic heterocycles. The molecule has 0 unspecified atom stereocenters. The minimum absolute atomic E-state index is 0.00657. The molecule has 2 aliphatic rings. The second-order valence-corrected chi connectivity index (χ2v) is 11.7. The third-order valence-electron chi connectivity index (χ3n) is 7.83. The predicted molar refractivity (Wildman–Crippen MR) is 149 cm³/mol. The van der Waals surface area contributed by atoms with Crippen molar-refractivity contribution in [3.05, 3.63) is 71.3 Å². The molecule has 0 radical (unpaired) electrons. The van der Waals surface area contributed by atoms with Gasteiger partial charge in [0.2, 0.25) is 11.8 Å². The van der Waals surface area contributed by atoms with Crippen LogP contribution in [0.2, 0.25) is 0 Å². The first-order valence-corrected chi connectivity index (χ1v) is 13.5. The number of hydrogen-bond donors (Lipinski definition) is 0. The van der Waals surface area contributed by atoms with Crippen molar-refractivity contribution >= 4 is 28.9 Å². The average molecular weight is 501 g/mol. The van der Waals surface area contributed by atoms with Gasteiger partial charge in [-0.25, -0.2) is 0 Å². The quantitative estimate of drug-likeness (QED) is 0.458. The Labute approximate surface area is 221 Å². The molecule has 5 heteroatoms. The lowest BCUT2D eigenvalue weighted by molar-refractivity contribution is -0.145. The Kier molecular flexibility index (Phi) is 8.01. The summed E-state index contributed by atoms with van der Waals surface area (Å²) in [5.74, 6) is -0.627. The molecule has 0 aliphatic carbocycles. The van der Waals surface area contributed by atoms with Crippen LogP contribution < -0.4 is 4.90 Å². The molecule has 2 aromatic carbocycles. The van der Waals surface area contributed by atoms with E-state index in [2.05, 4.69) is 6.07 Å². The number of ketones is 1. The first kappa shape index (κ1) is 26.8. The number of anilines is 1. The summed E-state index contributed by atoms with van der Waals surface area (Å²) < 4.78 is 0. The summed E-state index contributed by atoms with van der Waals surface area (Å²) in [6.07, 6.45) is 5.16. The Morgan fingerprint density at radius 3 is 2.41 bits per heavy atom. The lowest BCUT2D eigenvalue weighted by Gasteiger charge is -2.37. The number of hydrogen-bond acceptors (Lipinski definition) is 3. The normalized spacial score (nSPS) is 18.9. The van der Waals surface area contributed by atoms with Crippen LogP contribution >= 0.6 is 0 Å². The number of benzene rings is 2. The zero-order valence-corrected chi connectivity index (χ0v) is 22.9. The Morgan fingerprint density at radius 2 is 1.70 bits per heavy atom. The van der Waals surface area contributed by atoms with E-state index in [1.54, 1.807) is 11.0 Å². The zero-order chi connectivity index (χ0) is 26.7. The van der Waals surface area contributed by atoms with Crippen LogP contribution in [0.3, 0.4) is 0 Å². The topological polar surface area (TPSA) is 57.7 Å². The number of nitrogens with zero attached hydrogens (tertiary/aromatic N) is 2. The molecule has 0 bridgehead atoms. The van der Waals surface area contributed by atoms with Gasteiger partial charge in [-0.2, -0.15) is 0 Å². The van der Waals surface area contributed by atoms with E-state index in [1.165, 1.54) is 11.1 Å². The summed E-state index contributed by atoms with van der Waals surface area (Å²) in [7, 11) is 0. The second kappa shape index (κ2) is 11.0. The van der Waals surface area contributed by atoms with Gasteiger partial charge in [0.1, 0.15) is 6.04 Å². The van der Waals surface area contributed by atoms with Crippen molar-refractivity contribution in [1.82, 2.24) is 4.90 Å². The van der Waals surface area contributed by atoms with E-state index in [0.29, 0.717) is 19.5 Å². The Hall–Kier alpha value is -3.21. The number of carbonyl (C=O) groups excluding carboxylic acids is 3. The van der Waals surface area contributed by atoms with Crippen molar-refractivity contribution in [2.24, 2.45) is 11.3 Å². The van der Waals surface area contributed by atoms with E-state index in [4.69, 9.17) is 0 Å². The fourth-order valence-corrected chi connectivity index (χ4v) is 5.60. The molecule has 2 amide bonds. The largest absolute Gasteiger partial charge is 0.330 e. The molecular formula is C32H40N2O3. The van der Waals surface area contributed by atoms with Crippen molar-refractivity contribution in [3.63, 3.8) is 0 Å². The van der Waals surface area contributed by atoms with Gasteiger partial charge in [0.05, 0.1) is 5.92 Å². The molecule has 2 heterocycles. The number of fused-ring (bicyclic) bond motifs is 1. The Morgan fingerprint density at radius 1 is 1.00 bits per heavy atom. The predicted octanol–water partition coefficient (Wildman–Crippen LogP) is 5.99.